The van der Waals surface area contributed by atoms with E-state index in [4.69, 9.17) is 10.5 Å². The zero-order valence-electron chi connectivity index (χ0n) is 7.43. The van der Waals surface area contributed by atoms with E-state index in [1.165, 1.54) is 7.11 Å². The molecule has 0 amide bonds. The Morgan fingerprint density at radius 1 is 1.64 bits per heavy atom. The highest BCUT2D eigenvalue weighted by atomic mass is 127. The lowest BCUT2D eigenvalue weighted by Crippen LogP contribution is -2.06. The first-order valence-corrected chi connectivity index (χ1v) is 4.89. The maximum atomic E-state index is 12.4. The van der Waals surface area contributed by atoms with E-state index in [1.807, 2.05) is 0 Å². The summed E-state index contributed by atoms with van der Waals surface area (Å²) in [6, 6.07) is 0. The van der Waals surface area contributed by atoms with Gasteiger partial charge in [-0.15, -0.1) is 0 Å². The van der Waals surface area contributed by atoms with Crippen molar-refractivity contribution in [3.63, 3.8) is 0 Å². The number of alkyl halides is 2. The monoisotopic (exact) mass is 314 g/mol. The van der Waals surface area contributed by atoms with Gasteiger partial charge in [-0.25, -0.2) is 8.78 Å². The molecule has 0 aliphatic rings. The summed E-state index contributed by atoms with van der Waals surface area (Å²) < 4.78 is 30.2. The van der Waals surface area contributed by atoms with E-state index in [2.05, 4.69) is 4.98 Å². The number of nitrogens with zero attached hydrogens (tertiary/aromatic N) is 1. The van der Waals surface area contributed by atoms with Crippen LogP contribution < -0.4 is 10.5 Å². The Bertz CT molecular complexity index is 333. The number of halogens is 3. The van der Waals surface area contributed by atoms with Crippen molar-refractivity contribution in [2.45, 2.75) is 13.0 Å². The van der Waals surface area contributed by atoms with Crippen molar-refractivity contribution < 1.29 is 13.5 Å². The van der Waals surface area contributed by atoms with Gasteiger partial charge in [0.05, 0.1) is 21.9 Å². The van der Waals surface area contributed by atoms with Gasteiger partial charge < -0.3 is 10.5 Å². The Morgan fingerprint density at radius 3 is 2.71 bits per heavy atom. The van der Waals surface area contributed by atoms with E-state index in [9.17, 15) is 8.78 Å². The minimum absolute atomic E-state index is 0.125. The fourth-order valence-electron chi connectivity index (χ4n) is 1.03. The van der Waals surface area contributed by atoms with Crippen LogP contribution in [0.15, 0.2) is 6.20 Å². The molecule has 0 fully saturated rings. The summed E-state index contributed by atoms with van der Waals surface area (Å²) in [7, 11) is 1.41. The highest BCUT2D eigenvalue weighted by Gasteiger charge is 2.18. The van der Waals surface area contributed by atoms with Gasteiger partial charge in [0.2, 0.25) is 0 Å². The van der Waals surface area contributed by atoms with Crippen LogP contribution >= 0.6 is 22.6 Å². The van der Waals surface area contributed by atoms with Crippen LogP contribution in [-0.4, -0.2) is 12.1 Å². The van der Waals surface area contributed by atoms with Crippen LogP contribution in [0.25, 0.3) is 0 Å². The van der Waals surface area contributed by atoms with Crippen molar-refractivity contribution in [3.8, 4) is 5.75 Å². The fourth-order valence-corrected chi connectivity index (χ4v) is 1.93. The number of ether oxygens (including phenoxy) is 1. The smallest absolute Gasteiger partial charge is 0.266 e. The third kappa shape index (κ3) is 2.11. The molecule has 0 spiro atoms. The molecule has 78 valence electrons. The van der Waals surface area contributed by atoms with Gasteiger partial charge in [-0.05, 0) is 22.6 Å². The van der Waals surface area contributed by atoms with Crippen LogP contribution in [0, 0.1) is 3.57 Å². The SMILES string of the molecule is COc1c(CN)ncc(C(F)F)c1I. The highest BCUT2D eigenvalue weighted by Crippen LogP contribution is 2.32. The van der Waals surface area contributed by atoms with E-state index < -0.39 is 6.43 Å². The standard InChI is InChI=1S/C8H9F2IN2O/c1-14-7-5(2-12)13-3-4(6(7)11)8(9)10/h3,8H,2,12H2,1H3. The molecule has 3 nitrogen and oxygen atoms in total. The lowest BCUT2D eigenvalue weighted by molar-refractivity contribution is 0.149. The van der Waals surface area contributed by atoms with Crippen LogP contribution in [0.5, 0.6) is 5.75 Å². The quantitative estimate of drug-likeness (QED) is 0.869. The Hall–Kier alpha value is -0.500. The minimum atomic E-state index is -2.55. The molecule has 1 aromatic rings. The zero-order valence-corrected chi connectivity index (χ0v) is 9.59. The lowest BCUT2D eigenvalue weighted by Gasteiger charge is -2.11. The summed E-state index contributed by atoms with van der Waals surface area (Å²) in [6.07, 6.45) is -1.41. The molecule has 14 heavy (non-hydrogen) atoms. The van der Waals surface area contributed by atoms with Crippen LogP contribution in [0.2, 0.25) is 0 Å². The van der Waals surface area contributed by atoms with Gasteiger partial charge in [0.1, 0.15) is 0 Å². The summed E-state index contributed by atoms with van der Waals surface area (Å²) in [5, 5.41) is 0. The number of hydrogen-bond donors (Lipinski definition) is 1. The van der Waals surface area contributed by atoms with Gasteiger partial charge in [-0.3, -0.25) is 4.98 Å². The number of hydrogen-bond acceptors (Lipinski definition) is 3. The predicted octanol–water partition coefficient (Wildman–Crippen LogP) is 2.09. The van der Waals surface area contributed by atoms with Gasteiger partial charge in [-0.2, -0.15) is 0 Å². The second-order valence-corrected chi connectivity index (χ2v) is 3.59. The van der Waals surface area contributed by atoms with E-state index in [0.717, 1.165) is 6.20 Å². The van der Waals surface area contributed by atoms with Crippen LogP contribution in [0.3, 0.4) is 0 Å². The molecule has 2 N–H and O–H groups in total. The van der Waals surface area contributed by atoms with Gasteiger partial charge >= 0.3 is 0 Å². The normalized spacial score (nSPS) is 10.7. The number of nitrogens with two attached hydrogens (primary N) is 1. The van der Waals surface area contributed by atoms with Crippen molar-refractivity contribution in [2.75, 3.05) is 7.11 Å². The Balaban J connectivity index is 3.27. The van der Waals surface area contributed by atoms with Gasteiger partial charge in [0.25, 0.3) is 6.43 Å². The van der Waals surface area contributed by atoms with Gasteiger partial charge in [-0.1, -0.05) is 0 Å². The van der Waals surface area contributed by atoms with E-state index in [1.54, 1.807) is 22.6 Å². The van der Waals surface area contributed by atoms with Crippen molar-refractivity contribution >= 4 is 22.6 Å². The third-order valence-electron chi connectivity index (χ3n) is 1.71. The molecule has 1 aromatic heterocycles. The van der Waals surface area contributed by atoms with Crippen molar-refractivity contribution in [1.29, 1.82) is 0 Å². The topological polar surface area (TPSA) is 48.1 Å². The van der Waals surface area contributed by atoms with Crippen LogP contribution in [0.4, 0.5) is 8.78 Å². The average Bonchev–Trinajstić information content (AvgIpc) is 2.16. The summed E-state index contributed by atoms with van der Waals surface area (Å²) in [5.74, 6) is 0.339. The summed E-state index contributed by atoms with van der Waals surface area (Å²) in [4.78, 5) is 3.82. The minimum Gasteiger partial charge on any atom is -0.494 e. The molecular formula is C8H9F2IN2O. The average molecular weight is 314 g/mol. The number of rotatable bonds is 3. The molecule has 6 heteroatoms. The molecule has 0 saturated carbocycles. The first kappa shape index (κ1) is 11.6. The van der Waals surface area contributed by atoms with E-state index in [0.29, 0.717) is 15.0 Å². The van der Waals surface area contributed by atoms with Gasteiger partial charge in [0, 0.05) is 12.7 Å². The van der Waals surface area contributed by atoms with Gasteiger partial charge in [0.15, 0.2) is 5.75 Å². The van der Waals surface area contributed by atoms with Crippen molar-refractivity contribution in [2.24, 2.45) is 5.73 Å². The largest absolute Gasteiger partial charge is 0.494 e. The molecule has 0 atom stereocenters. The van der Waals surface area contributed by atoms with Crippen molar-refractivity contribution in [1.82, 2.24) is 4.98 Å². The Labute approximate surface area is 93.8 Å². The highest BCUT2D eigenvalue weighted by molar-refractivity contribution is 14.1. The molecule has 0 unspecified atom stereocenters. The molecule has 0 aliphatic carbocycles. The fraction of sp³-hybridized carbons (Fsp3) is 0.375. The number of methoxy groups -OCH3 is 1. The summed E-state index contributed by atoms with van der Waals surface area (Å²) in [6.45, 7) is 0.169. The predicted molar refractivity (Wildman–Crippen MR) is 56.4 cm³/mol. The van der Waals surface area contributed by atoms with Crippen molar-refractivity contribution in [3.05, 3.63) is 21.0 Å². The Kier molecular flexibility index (Phi) is 3.99. The molecule has 0 saturated heterocycles. The lowest BCUT2D eigenvalue weighted by atomic mass is 10.2. The molecule has 1 rings (SSSR count). The van der Waals surface area contributed by atoms with Crippen LogP contribution in [-0.2, 0) is 6.54 Å². The third-order valence-corrected chi connectivity index (χ3v) is 2.82. The first-order chi connectivity index (χ1) is 6.61. The molecule has 0 radical (unpaired) electrons. The molecule has 1 heterocycles. The molecular weight excluding hydrogens is 305 g/mol. The zero-order chi connectivity index (χ0) is 10.7. The second-order valence-electron chi connectivity index (χ2n) is 2.51. The summed E-state index contributed by atoms with van der Waals surface area (Å²) in [5.41, 5.74) is 5.75. The maximum absolute atomic E-state index is 12.4. The Morgan fingerprint density at radius 2 is 2.29 bits per heavy atom. The molecule has 0 bridgehead atoms. The first-order valence-electron chi connectivity index (χ1n) is 3.81. The second kappa shape index (κ2) is 4.83. The maximum Gasteiger partial charge on any atom is 0.266 e. The summed E-state index contributed by atoms with van der Waals surface area (Å²) >= 11 is 1.80. The number of pyridine rings is 1. The molecule has 0 aromatic carbocycles. The van der Waals surface area contributed by atoms with E-state index in [-0.39, 0.29) is 12.1 Å². The van der Waals surface area contributed by atoms with Crippen LogP contribution in [0.1, 0.15) is 17.7 Å². The molecule has 0 aliphatic heterocycles. The number of aromatic nitrogens is 1. The van der Waals surface area contributed by atoms with E-state index >= 15 is 0 Å².